The normalized spacial score (nSPS) is 11.9. The minimum absolute atomic E-state index is 0. The van der Waals surface area contributed by atoms with Crippen LogP contribution in [0, 0.1) is 13.8 Å². The average Bonchev–Trinajstić information content (AvgIpc) is 2.86. The van der Waals surface area contributed by atoms with Gasteiger partial charge >= 0.3 is 23.7 Å². The summed E-state index contributed by atoms with van der Waals surface area (Å²) in [4.78, 5) is 22.5. The number of carbonyl (C=O) groups is 2. The van der Waals surface area contributed by atoms with Crippen molar-refractivity contribution in [2.24, 2.45) is 0 Å². The van der Waals surface area contributed by atoms with Crippen molar-refractivity contribution in [1.82, 2.24) is 0 Å². The molecule has 7 heteroatoms. The quantitative estimate of drug-likeness (QED) is 0.279. The van der Waals surface area contributed by atoms with Gasteiger partial charge in [0, 0.05) is 35.1 Å². The number of ether oxygens (including phenoxy) is 2. The van der Waals surface area contributed by atoms with Crippen molar-refractivity contribution in [3.05, 3.63) is 117 Å². The van der Waals surface area contributed by atoms with E-state index in [0.29, 0.717) is 46.6 Å². The van der Waals surface area contributed by atoms with E-state index in [0.717, 1.165) is 22.6 Å². The number of hydrogen-bond acceptors (Lipinski definition) is 6. The molecule has 0 bridgehead atoms. The van der Waals surface area contributed by atoms with Crippen LogP contribution >= 0.6 is 0 Å². The number of carboxylic acid groups (broad SMARTS) is 2. The zero-order chi connectivity index (χ0) is 25.4. The Hall–Kier alpha value is -3.79. The Balaban J connectivity index is 0.000000168. The van der Waals surface area contributed by atoms with Gasteiger partial charge in [-0.15, -0.1) is 0 Å². The number of aryl methyl sites for hydroxylation is 2. The first-order chi connectivity index (χ1) is 17.3. The van der Waals surface area contributed by atoms with E-state index in [1.54, 1.807) is 26.0 Å². The van der Waals surface area contributed by atoms with Crippen LogP contribution in [0.1, 0.15) is 54.1 Å². The Bertz CT molecular complexity index is 1410. The van der Waals surface area contributed by atoms with Gasteiger partial charge in [-0.25, -0.2) is 0 Å². The maximum Gasteiger partial charge on any atom is 2.00 e. The number of rotatable bonds is 2. The number of aromatic carboxylic acids is 2. The predicted octanol–water partition coefficient (Wildman–Crippen LogP) is 3.73. The molecule has 2 heterocycles. The van der Waals surface area contributed by atoms with E-state index >= 15 is 0 Å². The third-order valence-electron chi connectivity index (χ3n) is 6.48. The van der Waals surface area contributed by atoms with Gasteiger partial charge in [-0.1, -0.05) is 48.5 Å². The van der Waals surface area contributed by atoms with E-state index < -0.39 is 11.9 Å². The molecule has 0 saturated carbocycles. The average molecular weight is 606 g/mol. The number of hydrogen-bond donors (Lipinski definition) is 0. The summed E-state index contributed by atoms with van der Waals surface area (Å²) in [6, 6.07) is 22.4. The SMILES string of the molecule is Cc1ccc2c(c1C(=O)[O-])Cc1ccccc1O2.Cc1ccc2c(c1C(=O)[O-])Cc1ccccc1O2.[Te+2]. The van der Waals surface area contributed by atoms with Gasteiger partial charge in [-0.3, -0.25) is 0 Å². The summed E-state index contributed by atoms with van der Waals surface area (Å²) in [5.74, 6) is 0.507. The molecular weight excluding hydrogens is 584 g/mol. The van der Waals surface area contributed by atoms with Gasteiger partial charge in [0.25, 0.3) is 0 Å². The molecule has 0 atom stereocenters. The molecule has 0 fully saturated rings. The Labute approximate surface area is 231 Å². The number of carbonyl (C=O) groups excluding carboxylic acids is 2. The third kappa shape index (κ3) is 5.06. The second kappa shape index (κ2) is 10.7. The van der Waals surface area contributed by atoms with Crippen LogP contribution in [0.2, 0.25) is 0 Å². The summed E-state index contributed by atoms with van der Waals surface area (Å²) in [5.41, 5.74) is 5.32. The molecular formula is C30H22O6Te. The second-order valence-corrected chi connectivity index (χ2v) is 8.82. The van der Waals surface area contributed by atoms with Gasteiger partial charge < -0.3 is 29.3 Å². The van der Waals surface area contributed by atoms with Gasteiger partial charge in [0.2, 0.25) is 0 Å². The van der Waals surface area contributed by atoms with Crippen molar-refractivity contribution in [2.75, 3.05) is 0 Å². The molecule has 2 aliphatic rings. The van der Waals surface area contributed by atoms with E-state index in [1.807, 2.05) is 60.7 Å². The van der Waals surface area contributed by atoms with Crippen LogP contribution in [-0.2, 0) is 12.8 Å². The van der Waals surface area contributed by atoms with Gasteiger partial charge in [-0.2, -0.15) is 0 Å². The fourth-order valence-corrected chi connectivity index (χ4v) is 4.72. The van der Waals surface area contributed by atoms with Crippen LogP contribution in [0.3, 0.4) is 0 Å². The summed E-state index contributed by atoms with van der Waals surface area (Å²) in [7, 11) is 0. The summed E-state index contributed by atoms with van der Waals surface area (Å²) < 4.78 is 11.5. The zero-order valence-electron chi connectivity index (χ0n) is 20.2. The van der Waals surface area contributed by atoms with Crippen molar-refractivity contribution in [3.8, 4) is 23.0 Å². The molecule has 0 unspecified atom stereocenters. The fourth-order valence-electron chi connectivity index (χ4n) is 4.72. The second-order valence-electron chi connectivity index (χ2n) is 8.82. The molecule has 184 valence electrons. The minimum atomic E-state index is -1.15. The molecule has 37 heavy (non-hydrogen) atoms. The first-order valence-corrected chi connectivity index (χ1v) is 11.5. The zero-order valence-corrected chi connectivity index (χ0v) is 22.5. The molecule has 0 aliphatic carbocycles. The van der Waals surface area contributed by atoms with Crippen LogP contribution in [-0.4, -0.2) is 35.6 Å². The molecule has 2 aliphatic heterocycles. The predicted molar refractivity (Wildman–Crippen MR) is 135 cm³/mol. The van der Waals surface area contributed by atoms with Crippen molar-refractivity contribution in [2.45, 2.75) is 26.7 Å². The number of benzene rings is 4. The van der Waals surface area contributed by atoms with Crippen molar-refractivity contribution < 1.29 is 29.3 Å². The van der Waals surface area contributed by atoms with Crippen molar-refractivity contribution >= 4 is 35.6 Å². The molecule has 0 N–H and O–H groups in total. The Kier molecular flexibility index (Phi) is 7.58. The standard InChI is InChI=1S/2C15H12O3.Te/c2*1-9-6-7-13-11(14(9)15(16)17)8-10-4-2-3-5-12(10)18-13;/h2*2-7H,8H2,1H3,(H,16,17);/q;;+2/p-2. The summed E-state index contributed by atoms with van der Waals surface area (Å²) in [6.07, 6.45) is 1.13. The maximum atomic E-state index is 11.2. The topological polar surface area (TPSA) is 98.7 Å². The molecule has 4 radical (unpaired) electrons. The van der Waals surface area contributed by atoms with Crippen LogP contribution in [0.4, 0.5) is 0 Å². The van der Waals surface area contributed by atoms with Crippen LogP contribution in [0.25, 0.3) is 0 Å². The van der Waals surface area contributed by atoms with Gasteiger partial charge in [0.15, 0.2) is 0 Å². The van der Waals surface area contributed by atoms with Crippen LogP contribution in [0.5, 0.6) is 23.0 Å². The minimum Gasteiger partial charge on any atom is -0.545 e. The maximum absolute atomic E-state index is 11.2. The van der Waals surface area contributed by atoms with Crippen LogP contribution < -0.4 is 19.7 Å². The number of fused-ring (bicyclic) bond motifs is 4. The Morgan fingerprint density at radius 1 is 0.595 bits per heavy atom. The van der Waals surface area contributed by atoms with Gasteiger partial charge in [0.05, 0.1) is 11.9 Å². The fraction of sp³-hybridized carbons (Fsp3) is 0.133. The molecule has 0 aromatic heterocycles. The smallest absolute Gasteiger partial charge is 0.545 e. The first kappa shape index (κ1) is 26.3. The molecule has 6 nitrogen and oxygen atoms in total. The van der Waals surface area contributed by atoms with Gasteiger partial charge in [0.1, 0.15) is 23.0 Å². The molecule has 4 aromatic carbocycles. The van der Waals surface area contributed by atoms with E-state index in [2.05, 4.69) is 0 Å². The molecule has 0 spiro atoms. The summed E-state index contributed by atoms with van der Waals surface area (Å²) >= 11 is 0. The Morgan fingerprint density at radius 3 is 1.35 bits per heavy atom. The van der Waals surface area contributed by atoms with Crippen molar-refractivity contribution in [3.63, 3.8) is 0 Å². The molecule has 4 aromatic rings. The molecule has 0 amide bonds. The molecule has 0 saturated heterocycles. The van der Waals surface area contributed by atoms with E-state index in [4.69, 9.17) is 9.47 Å². The summed E-state index contributed by atoms with van der Waals surface area (Å²) in [5, 5.41) is 22.5. The van der Waals surface area contributed by atoms with E-state index in [1.165, 1.54) is 0 Å². The summed E-state index contributed by atoms with van der Waals surface area (Å²) in [6.45, 7) is 3.54. The Morgan fingerprint density at radius 2 is 0.973 bits per heavy atom. The monoisotopic (exact) mass is 608 g/mol. The largest absolute Gasteiger partial charge is 2.00 e. The van der Waals surface area contributed by atoms with Crippen LogP contribution in [0.15, 0.2) is 72.8 Å². The van der Waals surface area contributed by atoms with E-state index in [9.17, 15) is 19.8 Å². The van der Waals surface area contributed by atoms with E-state index in [-0.39, 0.29) is 34.8 Å². The first-order valence-electron chi connectivity index (χ1n) is 11.5. The molecule has 6 rings (SSSR count). The number of carboxylic acids is 2. The third-order valence-corrected chi connectivity index (χ3v) is 6.48. The number of para-hydroxylation sites is 2. The van der Waals surface area contributed by atoms with Crippen molar-refractivity contribution in [1.29, 1.82) is 0 Å². The van der Waals surface area contributed by atoms with Gasteiger partial charge in [-0.05, 0) is 60.4 Å².